The molecule has 34 heavy (non-hydrogen) atoms. The van der Waals surface area contributed by atoms with Gasteiger partial charge in [0.25, 0.3) is 0 Å². The maximum atomic E-state index is 15.2. The highest BCUT2D eigenvalue weighted by atomic mass is 32.1. The average Bonchev–Trinajstić information content (AvgIpc) is 3.76. The number of pyridine rings is 1. The van der Waals surface area contributed by atoms with Crippen LogP contribution in [0.2, 0.25) is 0 Å². The molecule has 2 N–H and O–H groups in total. The van der Waals surface area contributed by atoms with Crippen molar-refractivity contribution in [2.24, 2.45) is 0 Å². The van der Waals surface area contributed by atoms with Crippen LogP contribution >= 0.6 is 11.3 Å². The van der Waals surface area contributed by atoms with Gasteiger partial charge in [0.2, 0.25) is 0 Å². The lowest BCUT2D eigenvalue weighted by Crippen LogP contribution is -2.31. The molecule has 2 aliphatic rings. The molecule has 0 unspecified atom stereocenters. The molecule has 4 aromatic rings. The van der Waals surface area contributed by atoms with Crippen molar-refractivity contribution < 1.29 is 14.3 Å². The van der Waals surface area contributed by atoms with E-state index in [2.05, 4.69) is 40.6 Å². The van der Waals surface area contributed by atoms with Gasteiger partial charge in [0.1, 0.15) is 21.2 Å². The van der Waals surface area contributed by atoms with Crippen molar-refractivity contribution in [3.8, 4) is 10.6 Å². The van der Waals surface area contributed by atoms with Crippen molar-refractivity contribution >= 4 is 27.7 Å². The van der Waals surface area contributed by atoms with E-state index in [1.54, 1.807) is 12.1 Å². The van der Waals surface area contributed by atoms with E-state index in [0.717, 1.165) is 47.3 Å². The molecule has 0 saturated heterocycles. The SMILES string of the molecule is O=C(O)CCNC1(c2ccc(-c3nc4ccc(C5(c6ccccc6)CC5)nc4s3)c(F)c2)CC1. The molecule has 6 rings (SSSR count). The second-order valence-electron chi connectivity index (χ2n) is 9.34. The Kier molecular flexibility index (Phi) is 5.00. The van der Waals surface area contributed by atoms with Crippen molar-refractivity contribution in [2.45, 2.75) is 43.1 Å². The van der Waals surface area contributed by atoms with Crippen LogP contribution in [0.5, 0.6) is 0 Å². The lowest BCUT2D eigenvalue weighted by atomic mass is 9.92. The zero-order valence-corrected chi connectivity index (χ0v) is 19.4. The first-order valence-electron chi connectivity index (χ1n) is 11.6. The third-order valence-electron chi connectivity index (χ3n) is 7.13. The summed E-state index contributed by atoms with van der Waals surface area (Å²) in [4.78, 5) is 21.3. The van der Waals surface area contributed by atoms with Gasteiger partial charge in [0.15, 0.2) is 0 Å². The Balaban J connectivity index is 1.28. The molecule has 0 aliphatic heterocycles. The van der Waals surface area contributed by atoms with Gasteiger partial charge >= 0.3 is 5.97 Å². The largest absolute Gasteiger partial charge is 0.481 e. The van der Waals surface area contributed by atoms with Crippen LogP contribution in [-0.2, 0) is 15.7 Å². The molecule has 0 amide bonds. The van der Waals surface area contributed by atoms with Crippen molar-refractivity contribution in [1.82, 2.24) is 15.3 Å². The first-order valence-corrected chi connectivity index (χ1v) is 12.4. The van der Waals surface area contributed by atoms with Crippen LogP contribution < -0.4 is 5.32 Å². The number of hydrogen-bond acceptors (Lipinski definition) is 5. The van der Waals surface area contributed by atoms with Gasteiger partial charge in [-0.25, -0.2) is 14.4 Å². The Labute approximate surface area is 200 Å². The number of hydrogen-bond donors (Lipinski definition) is 2. The molecular weight excluding hydrogens is 449 g/mol. The minimum atomic E-state index is -0.839. The number of rotatable bonds is 8. The van der Waals surface area contributed by atoms with Crippen LogP contribution in [0.15, 0.2) is 60.7 Å². The summed E-state index contributed by atoms with van der Waals surface area (Å²) in [5.74, 6) is -1.15. The van der Waals surface area contributed by atoms with Crippen LogP contribution in [0.3, 0.4) is 0 Å². The minimum absolute atomic E-state index is 0.0152. The fraction of sp³-hybridized carbons (Fsp3) is 0.296. The highest BCUT2D eigenvalue weighted by molar-refractivity contribution is 7.21. The van der Waals surface area contributed by atoms with Gasteiger partial charge in [-0.3, -0.25) is 4.79 Å². The van der Waals surface area contributed by atoms with E-state index in [-0.39, 0.29) is 23.2 Å². The molecular formula is C27H24FN3O2S. The lowest BCUT2D eigenvalue weighted by molar-refractivity contribution is -0.136. The standard InChI is InChI=1S/C27H24FN3O2S/c28-20-16-18(27(13-14-27)29-15-10-23(32)33)6-7-19(20)24-30-21-8-9-22(31-25(21)34-24)26(11-12-26)17-4-2-1-3-5-17/h1-9,16,29H,10-15H2,(H,32,33). The van der Waals surface area contributed by atoms with Gasteiger partial charge in [-0.1, -0.05) is 47.7 Å². The van der Waals surface area contributed by atoms with Gasteiger partial charge in [-0.05, 0) is 61.1 Å². The summed E-state index contributed by atoms with van der Waals surface area (Å²) in [6, 6.07) is 19.8. The number of aliphatic carboxylic acids is 1. The summed E-state index contributed by atoms with van der Waals surface area (Å²) in [6.07, 6.45) is 3.97. The van der Waals surface area contributed by atoms with Crippen molar-refractivity contribution in [2.75, 3.05) is 6.54 Å². The summed E-state index contributed by atoms with van der Waals surface area (Å²) in [6.45, 7) is 0.370. The van der Waals surface area contributed by atoms with E-state index >= 15 is 4.39 Å². The Bertz CT molecular complexity index is 1390. The van der Waals surface area contributed by atoms with Crippen LogP contribution in [0.25, 0.3) is 20.9 Å². The van der Waals surface area contributed by atoms with Crippen molar-refractivity contribution in [3.05, 3.63) is 83.3 Å². The number of halogens is 1. The second-order valence-corrected chi connectivity index (χ2v) is 10.3. The number of carboxylic acid groups (broad SMARTS) is 1. The van der Waals surface area contributed by atoms with E-state index in [1.807, 2.05) is 18.2 Å². The first-order chi connectivity index (χ1) is 16.5. The number of thiazole rings is 1. The molecule has 7 heteroatoms. The number of nitrogens with zero attached hydrogens (tertiary/aromatic N) is 2. The predicted octanol–water partition coefficient (Wildman–Crippen LogP) is 5.63. The number of carbonyl (C=O) groups is 1. The topological polar surface area (TPSA) is 75.1 Å². The van der Waals surface area contributed by atoms with Gasteiger partial charge < -0.3 is 10.4 Å². The predicted molar refractivity (Wildman–Crippen MR) is 130 cm³/mol. The van der Waals surface area contributed by atoms with Crippen LogP contribution in [0, 0.1) is 5.82 Å². The fourth-order valence-corrected chi connectivity index (χ4v) is 5.83. The molecule has 2 fully saturated rings. The summed E-state index contributed by atoms with van der Waals surface area (Å²) in [5, 5.41) is 12.8. The van der Waals surface area contributed by atoms with Crippen LogP contribution in [-0.4, -0.2) is 27.6 Å². The van der Waals surface area contributed by atoms with Crippen molar-refractivity contribution in [3.63, 3.8) is 0 Å². The number of nitrogens with one attached hydrogen (secondary N) is 1. The Morgan fingerprint density at radius 1 is 1.00 bits per heavy atom. The number of aromatic nitrogens is 2. The second kappa shape index (κ2) is 7.96. The Morgan fingerprint density at radius 2 is 1.79 bits per heavy atom. The zero-order valence-electron chi connectivity index (χ0n) is 18.6. The van der Waals surface area contributed by atoms with Crippen molar-refractivity contribution in [1.29, 1.82) is 0 Å². The molecule has 0 bridgehead atoms. The average molecular weight is 474 g/mol. The molecule has 2 aromatic carbocycles. The van der Waals surface area contributed by atoms with Gasteiger partial charge in [0.05, 0.1) is 12.1 Å². The molecule has 2 heterocycles. The zero-order chi connectivity index (χ0) is 23.3. The minimum Gasteiger partial charge on any atom is -0.481 e. The van der Waals surface area contributed by atoms with E-state index in [0.29, 0.717) is 17.1 Å². The summed E-state index contributed by atoms with van der Waals surface area (Å²) in [7, 11) is 0. The third kappa shape index (κ3) is 3.69. The quantitative estimate of drug-likeness (QED) is 0.347. The number of benzene rings is 2. The van der Waals surface area contributed by atoms with E-state index in [4.69, 9.17) is 10.1 Å². The molecule has 0 spiro atoms. The van der Waals surface area contributed by atoms with Crippen LogP contribution in [0.4, 0.5) is 4.39 Å². The van der Waals surface area contributed by atoms with Gasteiger partial charge in [-0.2, -0.15) is 0 Å². The molecule has 2 aliphatic carbocycles. The monoisotopic (exact) mass is 473 g/mol. The van der Waals surface area contributed by atoms with Crippen LogP contribution in [0.1, 0.15) is 48.9 Å². The molecule has 5 nitrogen and oxygen atoms in total. The van der Waals surface area contributed by atoms with Gasteiger partial charge in [0, 0.05) is 23.1 Å². The summed E-state index contributed by atoms with van der Waals surface area (Å²) in [5.41, 5.74) is 4.13. The highest BCUT2D eigenvalue weighted by Crippen LogP contribution is 2.53. The Morgan fingerprint density at radius 3 is 2.47 bits per heavy atom. The summed E-state index contributed by atoms with van der Waals surface area (Å²) >= 11 is 1.42. The maximum absolute atomic E-state index is 15.2. The normalized spacial score (nSPS) is 17.6. The smallest absolute Gasteiger partial charge is 0.304 e. The molecule has 2 aromatic heterocycles. The number of carboxylic acids is 1. The highest BCUT2D eigenvalue weighted by Gasteiger charge is 2.47. The maximum Gasteiger partial charge on any atom is 0.304 e. The Hall–Kier alpha value is -3.16. The first kappa shape index (κ1) is 21.4. The number of fused-ring (bicyclic) bond motifs is 1. The fourth-order valence-electron chi connectivity index (χ4n) is 4.86. The van der Waals surface area contributed by atoms with E-state index in [9.17, 15) is 4.79 Å². The summed E-state index contributed by atoms with van der Waals surface area (Å²) < 4.78 is 15.2. The molecule has 0 atom stereocenters. The molecule has 0 radical (unpaired) electrons. The van der Waals surface area contributed by atoms with E-state index in [1.165, 1.54) is 16.9 Å². The lowest BCUT2D eigenvalue weighted by Gasteiger charge is -2.18. The third-order valence-corrected chi connectivity index (χ3v) is 8.12. The molecule has 172 valence electrons. The van der Waals surface area contributed by atoms with E-state index < -0.39 is 5.97 Å². The van der Waals surface area contributed by atoms with Gasteiger partial charge in [-0.15, -0.1) is 0 Å². The molecule has 2 saturated carbocycles.